The maximum atomic E-state index is 14.1. The number of halogens is 2. The van der Waals surface area contributed by atoms with E-state index in [-0.39, 0.29) is 11.3 Å². The van der Waals surface area contributed by atoms with Crippen LogP contribution >= 0.6 is 0 Å². The fraction of sp³-hybridized carbons (Fsp3) is 0.250. The van der Waals surface area contributed by atoms with E-state index in [4.69, 9.17) is 4.74 Å². The lowest BCUT2D eigenvalue weighted by Gasteiger charge is -2.12. The van der Waals surface area contributed by atoms with Crippen molar-refractivity contribution in [2.75, 3.05) is 7.11 Å². The van der Waals surface area contributed by atoms with Gasteiger partial charge in [-0.05, 0) is 36.0 Å². The lowest BCUT2D eigenvalue weighted by molar-refractivity contribution is 0.407. The number of ether oxygens (including phenoxy) is 1. The van der Waals surface area contributed by atoms with Crippen LogP contribution < -0.4 is 4.74 Å². The largest absolute Gasteiger partial charge is 0.497 e. The van der Waals surface area contributed by atoms with E-state index in [1.165, 1.54) is 24.8 Å². The SMILES string of the molecule is COc1cc(F)c(-c2cccc3c2CCC3)c(F)c1. The predicted molar refractivity (Wildman–Crippen MR) is 70.4 cm³/mol. The predicted octanol–water partition coefficient (Wildman–Crippen LogP) is 4.13. The minimum absolute atomic E-state index is 0.0551. The topological polar surface area (TPSA) is 9.23 Å². The standard InChI is InChI=1S/C16H14F2O/c1-19-11-8-14(17)16(15(18)9-11)13-7-3-5-10-4-2-6-12(10)13/h3,5,7-9H,2,4,6H2,1H3. The van der Waals surface area contributed by atoms with Crippen molar-refractivity contribution in [3.63, 3.8) is 0 Å². The molecule has 19 heavy (non-hydrogen) atoms. The van der Waals surface area contributed by atoms with Crippen LogP contribution in [0.2, 0.25) is 0 Å². The Bertz CT molecular complexity index is 612. The maximum absolute atomic E-state index is 14.1. The average Bonchev–Trinajstić information content (AvgIpc) is 2.86. The summed E-state index contributed by atoms with van der Waals surface area (Å²) < 4.78 is 33.1. The molecule has 0 heterocycles. The van der Waals surface area contributed by atoms with Crippen LogP contribution in [-0.4, -0.2) is 7.11 Å². The molecular formula is C16H14F2O. The van der Waals surface area contributed by atoms with Crippen LogP contribution in [0, 0.1) is 11.6 Å². The van der Waals surface area contributed by atoms with Gasteiger partial charge in [0, 0.05) is 12.1 Å². The molecule has 0 spiro atoms. The van der Waals surface area contributed by atoms with Crippen LogP contribution in [0.4, 0.5) is 8.78 Å². The molecule has 1 nitrogen and oxygen atoms in total. The molecule has 3 rings (SSSR count). The number of fused-ring (bicyclic) bond motifs is 1. The van der Waals surface area contributed by atoms with E-state index in [0.717, 1.165) is 24.8 Å². The first kappa shape index (κ1) is 12.2. The van der Waals surface area contributed by atoms with Crippen molar-refractivity contribution < 1.29 is 13.5 Å². The Labute approximate surface area is 110 Å². The molecule has 1 aliphatic rings. The second-order valence-corrected chi connectivity index (χ2v) is 4.76. The number of methoxy groups -OCH3 is 1. The fourth-order valence-corrected chi connectivity index (χ4v) is 2.78. The van der Waals surface area contributed by atoms with Gasteiger partial charge in [-0.3, -0.25) is 0 Å². The van der Waals surface area contributed by atoms with Crippen molar-refractivity contribution in [3.05, 3.63) is 53.1 Å². The second kappa shape index (κ2) is 4.65. The summed E-state index contributed by atoms with van der Waals surface area (Å²) in [6.07, 6.45) is 2.92. The summed E-state index contributed by atoms with van der Waals surface area (Å²) in [5.41, 5.74) is 3.00. The maximum Gasteiger partial charge on any atom is 0.137 e. The van der Waals surface area contributed by atoms with Gasteiger partial charge in [0.2, 0.25) is 0 Å². The third-order valence-corrected chi connectivity index (χ3v) is 3.67. The molecule has 0 N–H and O–H groups in total. The van der Waals surface area contributed by atoms with Gasteiger partial charge in [-0.1, -0.05) is 18.2 Å². The lowest BCUT2D eigenvalue weighted by Crippen LogP contribution is -1.96. The molecule has 0 amide bonds. The minimum atomic E-state index is -0.572. The van der Waals surface area contributed by atoms with Crippen molar-refractivity contribution in [3.8, 4) is 16.9 Å². The third kappa shape index (κ3) is 1.99. The molecule has 0 aromatic heterocycles. The van der Waals surface area contributed by atoms with Gasteiger partial charge in [0.05, 0.1) is 12.7 Å². The summed E-state index contributed by atoms with van der Waals surface area (Å²) >= 11 is 0. The minimum Gasteiger partial charge on any atom is -0.497 e. The molecule has 0 saturated carbocycles. The molecule has 2 aromatic rings. The van der Waals surface area contributed by atoms with Gasteiger partial charge in [-0.2, -0.15) is 0 Å². The van der Waals surface area contributed by atoms with E-state index >= 15 is 0 Å². The van der Waals surface area contributed by atoms with Crippen molar-refractivity contribution in [2.24, 2.45) is 0 Å². The molecule has 0 aliphatic heterocycles. The number of rotatable bonds is 2. The van der Waals surface area contributed by atoms with Gasteiger partial charge >= 0.3 is 0 Å². The highest BCUT2D eigenvalue weighted by Gasteiger charge is 2.20. The van der Waals surface area contributed by atoms with E-state index in [1.807, 2.05) is 12.1 Å². The molecule has 98 valence electrons. The lowest BCUT2D eigenvalue weighted by atomic mass is 9.96. The summed E-state index contributed by atoms with van der Waals surface area (Å²) in [6.45, 7) is 0. The van der Waals surface area contributed by atoms with E-state index in [0.29, 0.717) is 5.56 Å². The van der Waals surface area contributed by atoms with Gasteiger partial charge in [0.15, 0.2) is 0 Å². The smallest absolute Gasteiger partial charge is 0.137 e. The summed E-state index contributed by atoms with van der Waals surface area (Å²) in [5, 5.41) is 0. The van der Waals surface area contributed by atoms with Crippen LogP contribution in [0.5, 0.6) is 5.75 Å². The molecule has 0 unspecified atom stereocenters. The molecule has 0 saturated heterocycles. The highest BCUT2D eigenvalue weighted by molar-refractivity contribution is 5.71. The van der Waals surface area contributed by atoms with Crippen LogP contribution in [0.25, 0.3) is 11.1 Å². The highest BCUT2D eigenvalue weighted by atomic mass is 19.1. The Morgan fingerprint density at radius 3 is 2.47 bits per heavy atom. The highest BCUT2D eigenvalue weighted by Crippen LogP contribution is 2.36. The summed E-state index contributed by atoms with van der Waals surface area (Å²) in [5.74, 6) is -0.944. The monoisotopic (exact) mass is 260 g/mol. The first-order chi connectivity index (χ1) is 9.20. The van der Waals surface area contributed by atoms with E-state index in [1.54, 1.807) is 6.07 Å². The number of aryl methyl sites for hydroxylation is 1. The summed E-state index contributed by atoms with van der Waals surface area (Å²) in [6, 6.07) is 8.14. The quantitative estimate of drug-likeness (QED) is 0.789. The Morgan fingerprint density at radius 1 is 1.05 bits per heavy atom. The number of benzene rings is 2. The van der Waals surface area contributed by atoms with E-state index < -0.39 is 11.6 Å². The number of hydrogen-bond acceptors (Lipinski definition) is 1. The first-order valence-electron chi connectivity index (χ1n) is 6.35. The van der Waals surface area contributed by atoms with Gasteiger partial charge in [-0.15, -0.1) is 0 Å². The van der Waals surface area contributed by atoms with Gasteiger partial charge in [0.25, 0.3) is 0 Å². The molecule has 3 heteroatoms. The van der Waals surface area contributed by atoms with Crippen molar-refractivity contribution >= 4 is 0 Å². The van der Waals surface area contributed by atoms with E-state index in [9.17, 15) is 8.78 Å². The first-order valence-corrected chi connectivity index (χ1v) is 6.35. The normalized spacial score (nSPS) is 13.4. The molecule has 0 bridgehead atoms. The Hall–Kier alpha value is -1.90. The van der Waals surface area contributed by atoms with Gasteiger partial charge < -0.3 is 4.74 Å². The second-order valence-electron chi connectivity index (χ2n) is 4.76. The van der Waals surface area contributed by atoms with Crippen LogP contribution in [-0.2, 0) is 12.8 Å². The molecule has 0 fully saturated rings. The molecule has 2 aromatic carbocycles. The zero-order valence-electron chi connectivity index (χ0n) is 10.7. The molecule has 0 atom stereocenters. The van der Waals surface area contributed by atoms with E-state index in [2.05, 4.69) is 0 Å². The summed E-state index contributed by atoms with van der Waals surface area (Å²) in [7, 11) is 1.40. The van der Waals surface area contributed by atoms with Crippen molar-refractivity contribution in [1.82, 2.24) is 0 Å². The Balaban J connectivity index is 2.21. The third-order valence-electron chi connectivity index (χ3n) is 3.67. The molecule has 1 aliphatic carbocycles. The van der Waals surface area contributed by atoms with Gasteiger partial charge in [0.1, 0.15) is 17.4 Å². The number of hydrogen-bond donors (Lipinski definition) is 0. The zero-order chi connectivity index (χ0) is 13.4. The van der Waals surface area contributed by atoms with Crippen molar-refractivity contribution in [2.45, 2.75) is 19.3 Å². The van der Waals surface area contributed by atoms with Crippen LogP contribution in [0.3, 0.4) is 0 Å². The van der Waals surface area contributed by atoms with Crippen LogP contribution in [0.1, 0.15) is 17.5 Å². The average molecular weight is 260 g/mol. The molecular weight excluding hydrogens is 246 g/mol. The Morgan fingerprint density at radius 2 is 1.79 bits per heavy atom. The summed E-state index contributed by atoms with van der Waals surface area (Å²) in [4.78, 5) is 0. The Kier molecular flexibility index (Phi) is 2.97. The fourth-order valence-electron chi connectivity index (χ4n) is 2.78. The molecule has 0 radical (unpaired) electrons. The van der Waals surface area contributed by atoms with Crippen LogP contribution in [0.15, 0.2) is 30.3 Å². The van der Waals surface area contributed by atoms with Crippen molar-refractivity contribution in [1.29, 1.82) is 0 Å². The zero-order valence-corrected chi connectivity index (χ0v) is 10.7. The van der Waals surface area contributed by atoms with Gasteiger partial charge in [-0.25, -0.2) is 8.78 Å².